The fraction of sp³-hybridized carbons (Fsp3) is 0.222. The molecule has 1 amide bonds. The normalized spacial score (nSPS) is 11.3. The van der Waals surface area contributed by atoms with E-state index in [1.165, 1.54) is 0 Å². The molecule has 23 heavy (non-hydrogen) atoms. The fourth-order valence-corrected chi connectivity index (χ4v) is 2.13. The second kappa shape index (κ2) is 9.08. The van der Waals surface area contributed by atoms with Crippen LogP contribution in [-0.4, -0.2) is 18.4 Å². The van der Waals surface area contributed by atoms with Crippen molar-refractivity contribution in [3.8, 4) is 0 Å². The van der Waals surface area contributed by atoms with Crippen molar-refractivity contribution in [3.05, 3.63) is 65.2 Å². The van der Waals surface area contributed by atoms with Gasteiger partial charge in [0.2, 0.25) is 0 Å². The maximum atomic E-state index is 12.3. The number of halogens is 1. The highest BCUT2D eigenvalue weighted by Crippen LogP contribution is 2.15. The van der Waals surface area contributed by atoms with E-state index in [0.717, 1.165) is 25.1 Å². The molecule has 2 aromatic carbocycles. The summed E-state index contributed by atoms with van der Waals surface area (Å²) in [4.78, 5) is 16.8. The number of nitrogens with one attached hydrogen (secondary N) is 1. The second-order valence-corrected chi connectivity index (χ2v) is 5.58. The van der Waals surface area contributed by atoms with Gasteiger partial charge in [0.05, 0.1) is 12.2 Å². The molecule has 0 radical (unpaired) electrons. The molecule has 0 aliphatic heterocycles. The molecule has 0 heterocycles. The van der Waals surface area contributed by atoms with Crippen molar-refractivity contribution in [1.29, 1.82) is 0 Å². The second-order valence-electron chi connectivity index (χ2n) is 5.14. The number of quaternary nitrogens is 1. The van der Waals surface area contributed by atoms with Gasteiger partial charge in [-0.1, -0.05) is 43.1 Å². The molecular weight excluding hydrogens is 310 g/mol. The number of hydrogen-bond donors (Lipinski definition) is 2. The summed E-state index contributed by atoms with van der Waals surface area (Å²) >= 11 is 5.89. The highest BCUT2D eigenvalue weighted by atomic mass is 35.5. The van der Waals surface area contributed by atoms with Crippen LogP contribution in [0.1, 0.15) is 30.1 Å². The number of unbranched alkanes of at least 4 members (excludes halogenated alkanes) is 1. The summed E-state index contributed by atoms with van der Waals surface area (Å²) in [5, 5.41) is 5.50. The summed E-state index contributed by atoms with van der Waals surface area (Å²) in [6.07, 6.45) is 2.15. The molecule has 0 saturated heterocycles. The van der Waals surface area contributed by atoms with Gasteiger partial charge >= 0.3 is 5.96 Å². The molecular formula is C18H21ClN3O+. The summed E-state index contributed by atoms with van der Waals surface area (Å²) in [5.41, 5.74) is 1.37. The van der Waals surface area contributed by atoms with Crippen molar-refractivity contribution in [1.82, 2.24) is 5.32 Å². The molecule has 5 heteroatoms. The number of carbonyl (C=O) groups is 1. The number of hydrogen-bond acceptors (Lipinski definition) is 2. The van der Waals surface area contributed by atoms with Gasteiger partial charge in [0.1, 0.15) is 0 Å². The predicted octanol–water partition coefficient (Wildman–Crippen LogP) is 3.12. The Morgan fingerprint density at radius 3 is 2.48 bits per heavy atom. The number of nitrogens with two attached hydrogens (primary N) is 1. The van der Waals surface area contributed by atoms with Gasteiger partial charge in [-0.3, -0.25) is 15.4 Å². The number of rotatable bonds is 5. The minimum Gasteiger partial charge on any atom is -0.281 e. The van der Waals surface area contributed by atoms with Gasteiger partial charge in [0, 0.05) is 10.6 Å². The van der Waals surface area contributed by atoms with Gasteiger partial charge < -0.3 is 0 Å². The van der Waals surface area contributed by atoms with Crippen LogP contribution < -0.4 is 10.6 Å². The standard InChI is InChI=1S/C18H20ClN3O/c1-2-3-13-20-18(21-16-11-9-15(19)10-12-16)22-17(23)14-7-5-4-6-8-14/h4-12H,2-3,13H2,1H3,(H2,20,21,22,23)/p+1. The summed E-state index contributed by atoms with van der Waals surface area (Å²) in [5.74, 6) is 0.403. The molecule has 0 saturated carbocycles. The first kappa shape index (κ1) is 17.2. The quantitative estimate of drug-likeness (QED) is 0.494. The summed E-state index contributed by atoms with van der Waals surface area (Å²) < 4.78 is 0. The van der Waals surface area contributed by atoms with E-state index >= 15 is 0 Å². The molecule has 0 aliphatic rings. The van der Waals surface area contributed by atoms with E-state index in [-0.39, 0.29) is 5.91 Å². The molecule has 120 valence electrons. The minimum absolute atomic E-state index is 0.161. The van der Waals surface area contributed by atoms with Crippen LogP contribution in [0.15, 0.2) is 59.6 Å². The van der Waals surface area contributed by atoms with Gasteiger partial charge in [-0.2, -0.15) is 4.99 Å². The average Bonchev–Trinajstić information content (AvgIpc) is 2.58. The first-order valence-electron chi connectivity index (χ1n) is 7.73. The number of benzene rings is 2. The molecule has 3 N–H and O–H groups in total. The molecule has 2 aromatic rings. The molecule has 2 rings (SSSR count). The van der Waals surface area contributed by atoms with Crippen molar-refractivity contribution in [2.24, 2.45) is 4.99 Å². The average molecular weight is 331 g/mol. The highest BCUT2D eigenvalue weighted by molar-refractivity contribution is 6.30. The van der Waals surface area contributed by atoms with Crippen LogP contribution in [0.3, 0.4) is 0 Å². The summed E-state index contributed by atoms with van der Waals surface area (Å²) in [6.45, 7) is 3.00. The number of carbonyl (C=O) groups excluding carboxylic acids is 1. The lowest BCUT2D eigenvalue weighted by molar-refractivity contribution is -0.543. The molecule has 4 nitrogen and oxygen atoms in total. The monoisotopic (exact) mass is 330 g/mol. The van der Waals surface area contributed by atoms with Crippen LogP contribution in [0.25, 0.3) is 0 Å². The van der Waals surface area contributed by atoms with Gasteiger partial charge in [-0.05, 0) is 42.8 Å². The Morgan fingerprint density at radius 2 is 1.83 bits per heavy atom. The van der Waals surface area contributed by atoms with Crippen LogP contribution in [0.5, 0.6) is 0 Å². The van der Waals surface area contributed by atoms with Gasteiger partial charge in [0.15, 0.2) is 0 Å². The van der Waals surface area contributed by atoms with Crippen molar-refractivity contribution < 1.29 is 10.1 Å². The Kier molecular flexibility index (Phi) is 6.78. The van der Waals surface area contributed by atoms with Crippen LogP contribution in [-0.2, 0) is 0 Å². The van der Waals surface area contributed by atoms with Gasteiger partial charge in [-0.25, -0.2) is 0 Å². The van der Waals surface area contributed by atoms with E-state index in [1.54, 1.807) is 24.3 Å². The summed E-state index contributed by atoms with van der Waals surface area (Å²) in [6, 6.07) is 16.3. The zero-order chi connectivity index (χ0) is 16.5. The van der Waals surface area contributed by atoms with E-state index < -0.39 is 0 Å². The zero-order valence-electron chi connectivity index (χ0n) is 13.1. The van der Waals surface area contributed by atoms with Crippen molar-refractivity contribution in [2.75, 3.05) is 6.54 Å². The lowest BCUT2D eigenvalue weighted by Gasteiger charge is -2.07. The highest BCUT2D eigenvalue weighted by Gasteiger charge is 2.11. The smallest absolute Gasteiger partial charge is 0.281 e. The van der Waals surface area contributed by atoms with E-state index in [9.17, 15) is 4.79 Å². The lowest BCUT2D eigenvalue weighted by atomic mass is 10.2. The van der Waals surface area contributed by atoms with Crippen LogP contribution >= 0.6 is 11.6 Å². The molecule has 0 aliphatic carbocycles. The molecule has 0 atom stereocenters. The summed E-state index contributed by atoms with van der Waals surface area (Å²) in [7, 11) is 0. The molecule has 0 unspecified atom stereocenters. The maximum absolute atomic E-state index is 12.3. The predicted molar refractivity (Wildman–Crippen MR) is 94.2 cm³/mol. The number of aliphatic imine (C=N–C) groups is 1. The third-order valence-corrected chi connectivity index (χ3v) is 3.50. The Bertz CT molecular complexity index is 654. The van der Waals surface area contributed by atoms with E-state index in [4.69, 9.17) is 11.6 Å². The van der Waals surface area contributed by atoms with Crippen molar-refractivity contribution >= 4 is 29.2 Å². The molecule has 0 aromatic heterocycles. The topological polar surface area (TPSA) is 58.1 Å². The van der Waals surface area contributed by atoms with Crippen molar-refractivity contribution in [2.45, 2.75) is 19.8 Å². The van der Waals surface area contributed by atoms with Crippen molar-refractivity contribution in [3.63, 3.8) is 0 Å². The third kappa shape index (κ3) is 5.85. The molecule has 0 bridgehead atoms. The van der Waals surface area contributed by atoms with E-state index in [0.29, 0.717) is 16.5 Å². The van der Waals surface area contributed by atoms with Gasteiger partial charge in [0.25, 0.3) is 5.91 Å². The minimum atomic E-state index is -0.161. The number of guanidine groups is 1. The molecule has 0 spiro atoms. The molecule has 0 fully saturated rings. The SMILES string of the molecule is CCCC[NH2+]C(=Nc1ccc(Cl)cc1)NC(=O)c1ccccc1. The first-order valence-corrected chi connectivity index (χ1v) is 8.10. The van der Waals surface area contributed by atoms with E-state index in [2.05, 4.69) is 17.2 Å². The number of nitrogens with zero attached hydrogens (tertiary/aromatic N) is 1. The Hall–Kier alpha value is -2.17. The van der Waals surface area contributed by atoms with Crippen LogP contribution in [0.4, 0.5) is 5.69 Å². The zero-order valence-corrected chi connectivity index (χ0v) is 13.9. The van der Waals surface area contributed by atoms with E-state index in [1.807, 2.05) is 35.6 Å². The Morgan fingerprint density at radius 1 is 1.13 bits per heavy atom. The van der Waals surface area contributed by atoms with Crippen LogP contribution in [0, 0.1) is 0 Å². The maximum Gasteiger partial charge on any atom is 0.306 e. The third-order valence-electron chi connectivity index (χ3n) is 3.25. The lowest BCUT2D eigenvalue weighted by Crippen LogP contribution is -2.91. The number of amides is 1. The fourth-order valence-electron chi connectivity index (χ4n) is 2.00. The Labute approximate surface area is 141 Å². The first-order chi connectivity index (χ1) is 11.2. The Balaban J connectivity index is 2.13. The van der Waals surface area contributed by atoms with Gasteiger partial charge in [-0.15, -0.1) is 0 Å². The largest absolute Gasteiger partial charge is 0.306 e. The van der Waals surface area contributed by atoms with Crippen LogP contribution in [0.2, 0.25) is 5.02 Å².